The van der Waals surface area contributed by atoms with Crippen LogP contribution in [0.4, 0.5) is 17.2 Å². The Bertz CT molecular complexity index is 860. The third-order valence-corrected chi connectivity index (χ3v) is 3.38. The Balaban J connectivity index is 2.11. The van der Waals surface area contributed by atoms with E-state index in [1.54, 1.807) is 6.20 Å². The van der Waals surface area contributed by atoms with Gasteiger partial charge in [0.1, 0.15) is 12.7 Å². The first-order valence-corrected chi connectivity index (χ1v) is 6.88. The first-order valence-electron chi connectivity index (χ1n) is 6.88. The fourth-order valence-electron chi connectivity index (χ4n) is 2.20. The lowest BCUT2D eigenvalue weighted by Crippen LogP contribution is -2.07. The molecule has 8 nitrogen and oxygen atoms in total. The van der Waals surface area contributed by atoms with Crippen LogP contribution in [0, 0.1) is 24.0 Å². The zero-order valence-electron chi connectivity index (χ0n) is 12.6. The predicted molar refractivity (Wildman–Crippen MR) is 85.0 cm³/mol. The maximum Gasteiger partial charge on any atom is 0.354 e. The molecule has 0 saturated carbocycles. The summed E-state index contributed by atoms with van der Waals surface area (Å²) in [6.07, 6.45) is 5.87. The average molecular weight is 310 g/mol. The number of imidazole rings is 1. The fourth-order valence-corrected chi connectivity index (χ4v) is 2.20. The van der Waals surface area contributed by atoms with Crippen molar-refractivity contribution in [1.29, 1.82) is 0 Å². The van der Waals surface area contributed by atoms with Gasteiger partial charge < -0.3 is 5.32 Å². The number of aryl methyl sites for hydroxylation is 2. The zero-order valence-corrected chi connectivity index (χ0v) is 12.6. The molecule has 0 bridgehead atoms. The number of aromatic nitrogens is 4. The molecule has 0 unspecified atom stereocenters. The Morgan fingerprint density at radius 2 is 2.09 bits per heavy atom. The van der Waals surface area contributed by atoms with Crippen LogP contribution < -0.4 is 5.32 Å². The molecule has 0 saturated heterocycles. The van der Waals surface area contributed by atoms with Crippen LogP contribution in [0.2, 0.25) is 0 Å². The Labute approximate surface area is 132 Å². The largest absolute Gasteiger partial charge is 0.354 e. The number of hydrogen-bond acceptors (Lipinski definition) is 6. The van der Waals surface area contributed by atoms with Gasteiger partial charge in [-0.05, 0) is 31.0 Å². The minimum atomic E-state index is -0.497. The maximum atomic E-state index is 11.5. The molecule has 0 atom stereocenters. The van der Waals surface area contributed by atoms with E-state index in [1.165, 1.54) is 23.4 Å². The lowest BCUT2D eigenvalue weighted by molar-refractivity contribution is -0.384. The van der Waals surface area contributed by atoms with Gasteiger partial charge in [-0.1, -0.05) is 12.1 Å². The predicted octanol–water partition coefficient (Wildman–Crippen LogP) is 2.93. The molecule has 3 rings (SSSR count). The number of nitrogens with one attached hydrogen (secondary N) is 1. The Morgan fingerprint density at radius 3 is 2.78 bits per heavy atom. The normalized spacial score (nSPS) is 10.5. The van der Waals surface area contributed by atoms with Crippen molar-refractivity contribution in [2.75, 3.05) is 5.32 Å². The number of nitrogens with zero attached hydrogens (tertiary/aromatic N) is 5. The number of hydrogen-bond donors (Lipinski definition) is 1. The van der Waals surface area contributed by atoms with Crippen LogP contribution in [-0.4, -0.2) is 24.4 Å². The molecular weight excluding hydrogens is 296 g/mol. The van der Waals surface area contributed by atoms with Crippen LogP contribution in [0.1, 0.15) is 11.1 Å². The van der Waals surface area contributed by atoms with E-state index in [1.807, 2.05) is 32.0 Å². The minimum Gasteiger partial charge on any atom is -0.334 e. The van der Waals surface area contributed by atoms with Gasteiger partial charge in [0.2, 0.25) is 11.6 Å². The topological polar surface area (TPSA) is 98.8 Å². The summed E-state index contributed by atoms with van der Waals surface area (Å²) >= 11 is 0. The molecule has 1 N–H and O–H groups in total. The molecule has 23 heavy (non-hydrogen) atoms. The second kappa shape index (κ2) is 5.84. The van der Waals surface area contributed by atoms with Crippen molar-refractivity contribution in [1.82, 2.24) is 19.5 Å². The van der Waals surface area contributed by atoms with Gasteiger partial charge in [-0.15, -0.1) is 0 Å². The van der Waals surface area contributed by atoms with Crippen molar-refractivity contribution < 1.29 is 4.92 Å². The SMILES string of the molecule is Cc1ccc(C)c(Nc2ncnc(-n3ccnc3)c2[N+](=O)[O-])c1. The van der Waals surface area contributed by atoms with Crippen molar-refractivity contribution in [3.63, 3.8) is 0 Å². The molecule has 0 aliphatic rings. The van der Waals surface area contributed by atoms with Gasteiger partial charge in [0.15, 0.2) is 0 Å². The fraction of sp³-hybridized carbons (Fsp3) is 0.133. The lowest BCUT2D eigenvalue weighted by Gasteiger charge is -2.11. The molecule has 1 aromatic carbocycles. The summed E-state index contributed by atoms with van der Waals surface area (Å²) < 4.78 is 1.48. The van der Waals surface area contributed by atoms with Crippen molar-refractivity contribution in [3.05, 3.63) is 64.5 Å². The van der Waals surface area contributed by atoms with Crippen LogP contribution in [0.5, 0.6) is 0 Å². The second-order valence-electron chi connectivity index (χ2n) is 5.06. The Morgan fingerprint density at radius 1 is 1.26 bits per heavy atom. The van der Waals surface area contributed by atoms with Crippen molar-refractivity contribution in [2.24, 2.45) is 0 Å². The summed E-state index contributed by atoms with van der Waals surface area (Å²) in [5, 5.41) is 14.6. The number of nitro groups is 1. The second-order valence-corrected chi connectivity index (χ2v) is 5.06. The van der Waals surface area contributed by atoms with E-state index in [0.717, 1.165) is 16.8 Å². The summed E-state index contributed by atoms with van der Waals surface area (Å²) in [6.45, 7) is 3.88. The highest BCUT2D eigenvalue weighted by Crippen LogP contribution is 2.31. The van der Waals surface area contributed by atoms with Gasteiger partial charge in [0.05, 0.1) is 4.92 Å². The molecule has 2 heterocycles. The third kappa shape index (κ3) is 2.86. The molecule has 0 fully saturated rings. The minimum absolute atomic E-state index is 0.141. The van der Waals surface area contributed by atoms with Crippen LogP contribution in [0.15, 0.2) is 43.2 Å². The average Bonchev–Trinajstić information content (AvgIpc) is 3.04. The third-order valence-electron chi connectivity index (χ3n) is 3.38. The highest BCUT2D eigenvalue weighted by atomic mass is 16.6. The highest BCUT2D eigenvalue weighted by Gasteiger charge is 2.24. The molecule has 8 heteroatoms. The first kappa shape index (κ1) is 14.6. The smallest absolute Gasteiger partial charge is 0.334 e. The van der Waals surface area contributed by atoms with Crippen molar-refractivity contribution in [3.8, 4) is 5.82 Å². The van der Waals surface area contributed by atoms with Gasteiger partial charge in [-0.25, -0.2) is 15.0 Å². The Kier molecular flexibility index (Phi) is 3.71. The molecule has 0 aliphatic carbocycles. The van der Waals surface area contributed by atoms with E-state index in [0.29, 0.717) is 0 Å². The summed E-state index contributed by atoms with van der Waals surface area (Å²) in [5.74, 6) is 0.303. The van der Waals surface area contributed by atoms with E-state index in [4.69, 9.17) is 0 Å². The van der Waals surface area contributed by atoms with Crippen LogP contribution in [0.3, 0.4) is 0 Å². The van der Waals surface area contributed by atoms with E-state index in [-0.39, 0.29) is 17.3 Å². The number of benzene rings is 1. The summed E-state index contributed by atoms with van der Waals surface area (Å²) in [4.78, 5) is 23.0. The monoisotopic (exact) mass is 310 g/mol. The lowest BCUT2D eigenvalue weighted by atomic mass is 10.1. The molecule has 0 radical (unpaired) electrons. The molecule has 116 valence electrons. The van der Waals surface area contributed by atoms with Gasteiger partial charge in [-0.2, -0.15) is 0 Å². The van der Waals surface area contributed by atoms with Crippen LogP contribution >= 0.6 is 0 Å². The van der Waals surface area contributed by atoms with Crippen LogP contribution in [-0.2, 0) is 0 Å². The van der Waals surface area contributed by atoms with E-state index in [9.17, 15) is 10.1 Å². The molecule has 0 amide bonds. The molecule has 3 aromatic rings. The standard InChI is InChI=1S/C15H14N6O2/c1-10-3-4-11(2)12(7-10)19-14-13(21(22)23)15(18-8-17-14)20-6-5-16-9-20/h3-9H,1-2H3,(H,17,18,19). The van der Waals surface area contributed by atoms with E-state index < -0.39 is 4.92 Å². The first-order chi connectivity index (χ1) is 11.1. The van der Waals surface area contributed by atoms with E-state index >= 15 is 0 Å². The quantitative estimate of drug-likeness (QED) is 0.587. The molecule has 2 aromatic heterocycles. The molecule has 0 spiro atoms. The van der Waals surface area contributed by atoms with Crippen molar-refractivity contribution in [2.45, 2.75) is 13.8 Å². The van der Waals surface area contributed by atoms with Crippen LogP contribution in [0.25, 0.3) is 5.82 Å². The van der Waals surface area contributed by atoms with E-state index in [2.05, 4.69) is 20.3 Å². The number of rotatable bonds is 4. The van der Waals surface area contributed by atoms with Crippen molar-refractivity contribution >= 4 is 17.2 Å². The summed E-state index contributed by atoms with van der Waals surface area (Å²) in [7, 11) is 0. The van der Waals surface area contributed by atoms with Gasteiger partial charge in [0.25, 0.3) is 0 Å². The van der Waals surface area contributed by atoms with Gasteiger partial charge in [0, 0.05) is 18.1 Å². The molecule has 0 aliphatic heterocycles. The zero-order chi connectivity index (χ0) is 16.4. The Hall–Kier alpha value is -3.29. The number of anilines is 2. The summed E-state index contributed by atoms with van der Waals surface area (Å²) in [5.41, 5.74) is 2.58. The highest BCUT2D eigenvalue weighted by molar-refractivity contribution is 5.71. The van der Waals surface area contributed by atoms with Gasteiger partial charge in [-0.3, -0.25) is 14.7 Å². The maximum absolute atomic E-state index is 11.5. The summed E-state index contributed by atoms with van der Waals surface area (Å²) in [6, 6.07) is 5.84. The molecular formula is C15H14N6O2. The van der Waals surface area contributed by atoms with Gasteiger partial charge >= 0.3 is 5.69 Å².